The summed E-state index contributed by atoms with van der Waals surface area (Å²) in [6.45, 7) is 6.43. The molecule has 0 saturated heterocycles. The lowest BCUT2D eigenvalue weighted by Gasteiger charge is -2.11. The predicted octanol–water partition coefficient (Wildman–Crippen LogP) is 5.27. The van der Waals surface area contributed by atoms with Crippen molar-refractivity contribution in [2.24, 2.45) is 0 Å². The summed E-state index contributed by atoms with van der Waals surface area (Å²) in [6, 6.07) is 18.0. The van der Waals surface area contributed by atoms with Crippen molar-refractivity contribution in [1.82, 2.24) is 19.9 Å². The fraction of sp³-hybridized carbons (Fsp3) is 0.321. The minimum absolute atomic E-state index is 0.0697. The SMILES string of the molecule is Cc1ccc(OCCCCn2c(CCCNC(=O)c3ccncc3)nc3ccccc32)cc1C. The van der Waals surface area contributed by atoms with Crippen molar-refractivity contribution in [3.8, 4) is 5.75 Å². The quantitative estimate of drug-likeness (QED) is 0.312. The Morgan fingerprint density at radius 1 is 0.971 bits per heavy atom. The van der Waals surface area contributed by atoms with Crippen LogP contribution in [0.3, 0.4) is 0 Å². The lowest BCUT2D eigenvalue weighted by atomic mass is 10.1. The van der Waals surface area contributed by atoms with Crippen LogP contribution in [0.1, 0.15) is 46.6 Å². The number of nitrogens with zero attached hydrogens (tertiary/aromatic N) is 3. The molecule has 0 bridgehead atoms. The van der Waals surface area contributed by atoms with E-state index in [0.717, 1.165) is 54.8 Å². The third-order valence-electron chi connectivity index (χ3n) is 6.06. The van der Waals surface area contributed by atoms with Gasteiger partial charge in [-0.05, 0) is 80.6 Å². The minimum Gasteiger partial charge on any atom is -0.494 e. The Kier molecular flexibility index (Phi) is 7.91. The maximum absolute atomic E-state index is 12.2. The summed E-state index contributed by atoms with van der Waals surface area (Å²) < 4.78 is 8.26. The summed E-state index contributed by atoms with van der Waals surface area (Å²) in [5, 5.41) is 2.98. The zero-order valence-corrected chi connectivity index (χ0v) is 20.0. The highest BCUT2D eigenvalue weighted by molar-refractivity contribution is 5.93. The number of amides is 1. The second-order valence-corrected chi connectivity index (χ2v) is 8.57. The number of nitrogens with one attached hydrogen (secondary N) is 1. The molecule has 0 aliphatic rings. The molecular weight excluding hydrogens is 424 g/mol. The fourth-order valence-electron chi connectivity index (χ4n) is 3.99. The van der Waals surface area contributed by atoms with Crippen LogP contribution in [0.4, 0.5) is 0 Å². The highest BCUT2D eigenvalue weighted by Gasteiger charge is 2.11. The molecule has 176 valence electrons. The van der Waals surface area contributed by atoms with Gasteiger partial charge in [0.05, 0.1) is 17.6 Å². The lowest BCUT2D eigenvalue weighted by Crippen LogP contribution is -2.25. The smallest absolute Gasteiger partial charge is 0.251 e. The first kappa shape index (κ1) is 23.5. The van der Waals surface area contributed by atoms with E-state index < -0.39 is 0 Å². The molecule has 34 heavy (non-hydrogen) atoms. The second kappa shape index (κ2) is 11.5. The summed E-state index contributed by atoms with van der Waals surface area (Å²) in [6.07, 6.45) is 6.88. The van der Waals surface area contributed by atoms with Gasteiger partial charge in [-0.15, -0.1) is 0 Å². The van der Waals surface area contributed by atoms with Gasteiger partial charge in [0.15, 0.2) is 0 Å². The van der Waals surface area contributed by atoms with E-state index in [2.05, 4.69) is 59.0 Å². The van der Waals surface area contributed by atoms with Gasteiger partial charge < -0.3 is 14.6 Å². The molecule has 6 heteroatoms. The molecule has 0 spiro atoms. The minimum atomic E-state index is -0.0697. The average molecular weight is 457 g/mol. The van der Waals surface area contributed by atoms with Crippen molar-refractivity contribution in [3.05, 3.63) is 89.5 Å². The maximum atomic E-state index is 12.2. The first-order chi connectivity index (χ1) is 16.6. The van der Waals surface area contributed by atoms with Crippen LogP contribution in [0.25, 0.3) is 11.0 Å². The number of para-hydroxylation sites is 2. The molecule has 0 fully saturated rings. The number of ether oxygens (including phenoxy) is 1. The van der Waals surface area contributed by atoms with E-state index in [4.69, 9.17) is 9.72 Å². The van der Waals surface area contributed by atoms with E-state index in [1.807, 2.05) is 12.1 Å². The Hall–Kier alpha value is -3.67. The van der Waals surface area contributed by atoms with Crippen LogP contribution in [-0.4, -0.2) is 33.6 Å². The molecule has 0 aliphatic heterocycles. The molecule has 1 N–H and O–H groups in total. The molecule has 2 aromatic heterocycles. The summed E-state index contributed by atoms with van der Waals surface area (Å²) >= 11 is 0. The summed E-state index contributed by atoms with van der Waals surface area (Å²) in [5.41, 5.74) is 5.34. The molecule has 0 unspecified atom stereocenters. The van der Waals surface area contributed by atoms with Crippen LogP contribution >= 0.6 is 0 Å². The number of hydrogen-bond donors (Lipinski definition) is 1. The van der Waals surface area contributed by atoms with Crippen LogP contribution < -0.4 is 10.1 Å². The van der Waals surface area contributed by atoms with Crippen molar-refractivity contribution in [1.29, 1.82) is 0 Å². The van der Waals surface area contributed by atoms with Gasteiger partial charge in [-0.2, -0.15) is 0 Å². The molecule has 1 amide bonds. The van der Waals surface area contributed by atoms with Crippen LogP contribution in [0.5, 0.6) is 5.75 Å². The third kappa shape index (κ3) is 6.01. The normalized spacial score (nSPS) is 11.0. The number of benzene rings is 2. The standard InChI is InChI=1S/C28H32N4O2/c1-21-11-12-24(20-22(21)2)34-19-6-5-18-32-26-9-4-3-8-25(26)31-27(32)10-7-15-30-28(33)23-13-16-29-17-14-23/h3-4,8-9,11-14,16-17,20H,5-7,10,15,18-19H2,1-2H3,(H,30,33). The van der Waals surface area contributed by atoms with Gasteiger partial charge in [-0.25, -0.2) is 4.98 Å². The van der Waals surface area contributed by atoms with E-state index >= 15 is 0 Å². The Balaban J connectivity index is 1.29. The van der Waals surface area contributed by atoms with Crippen LogP contribution in [0.15, 0.2) is 67.0 Å². The largest absolute Gasteiger partial charge is 0.494 e. The van der Waals surface area contributed by atoms with Crippen molar-refractivity contribution < 1.29 is 9.53 Å². The van der Waals surface area contributed by atoms with Gasteiger partial charge in [0.1, 0.15) is 11.6 Å². The molecule has 6 nitrogen and oxygen atoms in total. The van der Waals surface area contributed by atoms with Gasteiger partial charge in [-0.3, -0.25) is 9.78 Å². The predicted molar refractivity (Wildman–Crippen MR) is 135 cm³/mol. The third-order valence-corrected chi connectivity index (χ3v) is 6.06. The number of unbranched alkanes of at least 4 members (excludes halogenated alkanes) is 1. The topological polar surface area (TPSA) is 69.0 Å². The van der Waals surface area contributed by atoms with E-state index in [1.54, 1.807) is 24.5 Å². The summed E-state index contributed by atoms with van der Waals surface area (Å²) in [7, 11) is 0. The average Bonchev–Trinajstić information content (AvgIpc) is 3.21. The van der Waals surface area contributed by atoms with Crippen LogP contribution in [-0.2, 0) is 13.0 Å². The van der Waals surface area contributed by atoms with Crippen molar-refractivity contribution in [3.63, 3.8) is 0 Å². The van der Waals surface area contributed by atoms with Crippen LogP contribution in [0, 0.1) is 13.8 Å². The zero-order chi connectivity index (χ0) is 23.8. The highest BCUT2D eigenvalue weighted by atomic mass is 16.5. The molecular formula is C28H32N4O2. The first-order valence-corrected chi connectivity index (χ1v) is 11.9. The van der Waals surface area contributed by atoms with Gasteiger partial charge in [-0.1, -0.05) is 18.2 Å². The number of carbonyl (C=O) groups is 1. The molecule has 4 aromatic rings. The molecule has 0 atom stereocenters. The van der Waals surface area contributed by atoms with E-state index in [0.29, 0.717) is 18.7 Å². The molecule has 0 radical (unpaired) electrons. The first-order valence-electron chi connectivity index (χ1n) is 11.9. The summed E-state index contributed by atoms with van der Waals surface area (Å²) in [5.74, 6) is 1.93. The van der Waals surface area contributed by atoms with Gasteiger partial charge in [0.25, 0.3) is 5.91 Å². The number of aryl methyl sites for hydroxylation is 4. The van der Waals surface area contributed by atoms with Gasteiger partial charge in [0.2, 0.25) is 0 Å². The van der Waals surface area contributed by atoms with Crippen molar-refractivity contribution in [2.75, 3.05) is 13.2 Å². The number of imidazole rings is 1. The van der Waals surface area contributed by atoms with Crippen molar-refractivity contribution >= 4 is 16.9 Å². The molecule has 0 saturated carbocycles. The molecule has 4 rings (SSSR count). The summed E-state index contributed by atoms with van der Waals surface area (Å²) in [4.78, 5) is 21.0. The Morgan fingerprint density at radius 3 is 2.62 bits per heavy atom. The van der Waals surface area contributed by atoms with E-state index in [1.165, 1.54) is 11.1 Å². The number of fused-ring (bicyclic) bond motifs is 1. The Bertz CT molecular complexity index is 1230. The van der Waals surface area contributed by atoms with Crippen LogP contribution in [0.2, 0.25) is 0 Å². The fourth-order valence-corrected chi connectivity index (χ4v) is 3.99. The monoisotopic (exact) mass is 456 g/mol. The Labute approximate surface area is 201 Å². The number of pyridine rings is 1. The van der Waals surface area contributed by atoms with Gasteiger partial charge >= 0.3 is 0 Å². The highest BCUT2D eigenvalue weighted by Crippen LogP contribution is 2.19. The second-order valence-electron chi connectivity index (χ2n) is 8.57. The maximum Gasteiger partial charge on any atom is 0.251 e. The molecule has 0 aliphatic carbocycles. The van der Waals surface area contributed by atoms with Gasteiger partial charge in [0, 0.05) is 37.5 Å². The number of carbonyl (C=O) groups excluding carboxylic acids is 1. The molecule has 2 aromatic carbocycles. The lowest BCUT2D eigenvalue weighted by molar-refractivity contribution is 0.0953. The number of rotatable bonds is 11. The number of hydrogen-bond acceptors (Lipinski definition) is 4. The number of aromatic nitrogens is 3. The van der Waals surface area contributed by atoms with E-state index in [9.17, 15) is 4.79 Å². The van der Waals surface area contributed by atoms with Crippen molar-refractivity contribution in [2.45, 2.75) is 46.1 Å². The Morgan fingerprint density at radius 2 is 1.79 bits per heavy atom. The molecule has 2 heterocycles. The van der Waals surface area contributed by atoms with E-state index in [-0.39, 0.29) is 5.91 Å². The zero-order valence-electron chi connectivity index (χ0n) is 20.0.